The van der Waals surface area contributed by atoms with Crippen molar-refractivity contribution in [2.24, 2.45) is 0 Å². The molecule has 3 nitrogen and oxygen atoms in total. The van der Waals surface area contributed by atoms with Crippen LogP contribution in [0.25, 0.3) is 10.8 Å². The second-order valence-electron chi connectivity index (χ2n) is 5.02. The maximum atomic E-state index is 12.2. The monoisotopic (exact) mass is 277 g/mol. The third-order valence-electron chi connectivity index (χ3n) is 3.48. The molecule has 0 saturated heterocycles. The van der Waals surface area contributed by atoms with Crippen molar-refractivity contribution in [1.29, 1.82) is 0 Å². The molecule has 0 aliphatic heterocycles. The Bertz CT molecular complexity index is 824. The van der Waals surface area contributed by atoms with Gasteiger partial charge in [0.15, 0.2) is 0 Å². The van der Waals surface area contributed by atoms with E-state index in [9.17, 15) is 9.90 Å². The maximum absolute atomic E-state index is 12.2. The molecular weight excluding hydrogens is 262 g/mol. The van der Waals surface area contributed by atoms with Gasteiger partial charge < -0.3 is 10.4 Å². The Labute approximate surface area is 122 Å². The molecule has 0 unspecified atom stereocenters. The molecule has 0 heterocycles. The van der Waals surface area contributed by atoms with Gasteiger partial charge in [0.2, 0.25) is 0 Å². The predicted octanol–water partition coefficient (Wildman–Crippen LogP) is 4.11. The second kappa shape index (κ2) is 5.29. The molecule has 1 amide bonds. The Kier molecular flexibility index (Phi) is 3.32. The van der Waals surface area contributed by atoms with Crippen LogP contribution in [0.5, 0.6) is 5.75 Å². The summed E-state index contributed by atoms with van der Waals surface area (Å²) >= 11 is 0. The van der Waals surface area contributed by atoms with Crippen molar-refractivity contribution in [1.82, 2.24) is 0 Å². The molecular formula is C18H15NO2. The number of hydrogen-bond acceptors (Lipinski definition) is 2. The number of hydrogen-bond donors (Lipinski definition) is 2. The normalized spacial score (nSPS) is 10.5. The van der Waals surface area contributed by atoms with Crippen LogP contribution in [0.15, 0.2) is 60.7 Å². The summed E-state index contributed by atoms with van der Waals surface area (Å²) in [6.07, 6.45) is 0. The molecule has 0 saturated carbocycles. The maximum Gasteiger partial charge on any atom is 0.255 e. The predicted molar refractivity (Wildman–Crippen MR) is 84.7 cm³/mol. The second-order valence-corrected chi connectivity index (χ2v) is 5.02. The van der Waals surface area contributed by atoms with Gasteiger partial charge in [-0.3, -0.25) is 4.79 Å². The smallest absolute Gasteiger partial charge is 0.255 e. The van der Waals surface area contributed by atoms with Crippen molar-refractivity contribution in [3.8, 4) is 5.75 Å². The molecule has 0 spiro atoms. The van der Waals surface area contributed by atoms with Gasteiger partial charge in [-0.1, -0.05) is 36.4 Å². The van der Waals surface area contributed by atoms with Gasteiger partial charge in [0.05, 0.1) is 0 Å². The molecule has 0 aliphatic carbocycles. The summed E-state index contributed by atoms with van der Waals surface area (Å²) in [6.45, 7) is 1.79. The van der Waals surface area contributed by atoms with Gasteiger partial charge in [0.1, 0.15) is 5.75 Å². The highest BCUT2D eigenvalue weighted by molar-refractivity contribution is 6.05. The van der Waals surface area contributed by atoms with Crippen LogP contribution < -0.4 is 5.32 Å². The van der Waals surface area contributed by atoms with Crippen molar-refractivity contribution >= 4 is 22.4 Å². The quantitative estimate of drug-likeness (QED) is 0.740. The van der Waals surface area contributed by atoms with E-state index in [0.717, 1.165) is 22.0 Å². The van der Waals surface area contributed by atoms with Crippen LogP contribution in [0.2, 0.25) is 0 Å². The molecule has 3 aromatic rings. The van der Waals surface area contributed by atoms with Gasteiger partial charge in [0, 0.05) is 11.3 Å². The topological polar surface area (TPSA) is 49.3 Å². The van der Waals surface area contributed by atoms with Crippen LogP contribution in [0.1, 0.15) is 15.9 Å². The van der Waals surface area contributed by atoms with Gasteiger partial charge in [-0.2, -0.15) is 0 Å². The first-order valence-corrected chi connectivity index (χ1v) is 6.73. The Morgan fingerprint density at radius 2 is 1.71 bits per heavy atom. The lowest BCUT2D eigenvalue weighted by Crippen LogP contribution is -2.11. The molecule has 104 valence electrons. The first-order chi connectivity index (χ1) is 10.1. The number of amides is 1. The summed E-state index contributed by atoms with van der Waals surface area (Å²) in [5, 5.41) is 14.7. The Hall–Kier alpha value is -2.81. The molecule has 2 N–H and O–H groups in total. The fourth-order valence-electron chi connectivity index (χ4n) is 2.22. The zero-order valence-electron chi connectivity index (χ0n) is 11.6. The van der Waals surface area contributed by atoms with Gasteiger partial charge in [-0.05, 0) is 47.5 Å². The SMILES string of the molecule is Cc1ccc(C(=O)Nc2ccc3ccccc3c2)cc1O. The van der Waals surface area contributed by atoms with Gasteiger partial charge in [-0.25, -0.2) is 0 Å². The van der Waals surface area contributed by atoms with E-state index in [0.29, 0.717) is 5.56 Å². The average molecular weight is 277 g/mol. The molecule has 0 bridgehead atoms. The van der Waals surface area contributed by atoms with Crippen LogP contribution in [0.3, 0.4) is 0 Å². The highest BCUT2D eigenvalue weighted by Crippen LogP contribution is 2.21. The lowest BCUT2D eigenvalue weighted by molar-refractivity contribution is 0.102. The summed E-state index contributed by atoms with van der Waals surface area (Å²) in [6, 6.07) is 18.7. The summed E-state index contributed by atoms with van der Waals surface area (Å²) in [5.74, 6) is -0.109. The average Bonchev–Trinajstić information content (AvgIpc) is 2.50. The molecule has 0 aromatic heterocycles. The molecule has 3 aromatic carbocycles. The van der Waals surface area contributed by atoms with E-state index in [1.54, 1.807) is 19.1 Å². The number of carbonyl (C=O) groups excluding carboxylic acids is 1. The number of fused-ring (bicyclic) bond motifs is 1. The molecule has 0 atom stereocenters. The first kappa shape index (κ1) is 13.2. The highest BCUT2D eigenvalue weighted by atomic mass is 16.3. The minimum absolute atomic E-state index is 0.126. The number of aromatic hydroxyl groups is 1. The largest absolute Gasteiger partial charge is 0.508 e. The third-order valence-corrected chi connectivity index (χ3v) is 3.48. The zero-order valence-corrected chi connectivity index (χ0v) is 11.6. The molecule has 3 heteroatoms. The van der Waals surface area contributed by atoms with E-state index in [2.05, 4.69) is 5.32 Å². The number of benzene rings is 3. The van der Waals surface area contributed by atoms with E-state index >= 15 is 0 Å². The highest BCUT2D eigenvalue weighted by Gasteiger charge is 2.08. The number of phenols is 1. The fourth-order valence-corrected chi connectivity index (χ4v) is 2.22. The molecule has 3 rings (SSSR count). The third kappa shape index (κ3) is 2.72. The number of carbonyl (C=O) groups is 1. The van der Waals surface area contributed by atoms with Crippen LogP contribution in [0.4, 0.5) is 5.69 Å². The van der Waals surface area contributed by atoms with Crippen LogP contribution in [0, 0.1) is 6.92 Å². The molecule has 21 heavy (non-hydrogen) atoms. The van der Waals surface area contributed by atoms with Crippen molar-refractivity contribution in [3.63, 3.8) is 0 Å². The lowest BCUT2D eigenvalue weighted by Gasteiger charge is -2.08. The van der Waals surface area contributed by atoms with Crippen LogP contribution in [-0.2, 0) is 0 Å². The van der Waals surface area contributed by atoms with Crippen molar-refractivity contribution in [3.05, 3.63) is 71.8 Å². The van der Waals surface area contributed by atoms with E-state index in [1.165, 1.54) is 6.07 Å². The van der Waals surface area contributed by atoms with Gasteiger partial charge in [0.25, 0.3) is 5.91 Å². The molecule has 0 radical (unpaired) electrons. The van der Waals surface area contributed by atoms with E-state index in [1.807, 2.05) is 42.5 Å². The Balaban J connectivity index is 1.87. The summed E-state index contributed by atoms with van der Waals surface area (Å²) in [5.41, 5.74) is 1.92. The van der Waals surface area contributed by atoms with E-state index in [4.69, 9.17) is 0 Å². The molecule has 0 fully saturated rings. The summed E-state index contributed by atoms with van der Waals surface area (Å²) < 4.78 is 0. The standard InChI is InChI=1S/C18H15NO2/c1-12-6-7-15(11-17(12)20)18(21)19-16-9-8-13-4-2-3-5-14(13)10-16/h2-11,20H,1H3,(H,19,21). The number of rotatable bonds is 2. The Morgan fingerprint density at radius 1 is 0.952 bits per heavy atom. The van der Waals surface area contributed by atoms with Crippen molar-refractivity contribution in [2.45, 2.75) is 6.92 Å². The first-order valence-electron chi connectivity index (χ1n) is 6.73. The number of aryl methyl sites for hydroxylation is 1. The fraction of sp³-hybridized carbons (Fsp3) is 0.0556. The molecule has 0 aliphatic rings. The summed E-state index contributed by atoms with van der Waals surface area (Å²) in [4.78, 5) is 12.2. The zero-order chi connectivity index (χ0) is 14.8. The van der Waals surface area contributed by atoms with Crippen molar-refractivity contribution < 1.29 is 9.90 Å². The van der Waals surface area contributed by atoms with E-state index in [-0.39, 0.29) is 11.7 Å². The van der Waals surface area contributed by atoms with Crippen LogP contribution >= 0.6 is 0 Å². The summed E-state index contributed by atoms with van der Waals surface area (Å²) in [7, 11) is 0. The number of anilines is 1. The van der Waals surface area contributed by atoms with Crippen LogP contribution in [-0.4, -0.2) is 11.0 Å². The lowest BCUT2D eigenvalue weighted by atomic mass is 10.1. The van der Waals surface area contributed by atoms with Crippen molar-refractivity contribution in [2.75, 3.05) is 5.32 Å². The number of phenolic OH excluding ortho intramolecular Hbond substituents is 1. The Morgan fingerprint density at radius 3 is 2.48 bits per heavy atom. The van der Waals surface area contributed by atoms with Gasteiger partial charge >= 0.3 is 0 Å². The minimum Gasteiger partial charge on any atom is -0.508 e. The van der Waals surface area contributed by atoms with Gasteiger partial charge in [-0.15, -0.1) is 0 Å². The minimum atomic E-state index is -0.236. The number of nitrogens with one attached hydrogen (secondary N) is 1. The van der Waals surface area contributed by atoms with E-state index < -0.39 is 0 Å².